The van der Waals surface area contributed by atoms with Crippen LogP contribution in [-0.4, -0.2) is 11.7 Å². The Bertz CT molecular complexity index is 532. The van der Waals surface area contributed by atoms with Gasteiger partial charge in [-0.15, -0.1) is 10.2 Å². The molecule has 1 N–H and O–H groups in total. The summed E-state index contributed by atoms with van der Waals surface area (Å²) in [7, 11) is -4.94. The predicted octanol–water partition coefficient (Wildman–Crippen LogP) is -1.94. The molecule has 104 valence electrons. The molecule has 0 aliphatic rings. The molecule has 0 spiro atoms. The normalized spacial score (nSPS) is 10.8. The van der Waals surface area contributed by atoms with Crippen molar-refractivity contribution >= 4 is 11.0 Å². The Morgan fingerprint density at radius 1 is 1.21 bits per heavy atom. The maximum absolute atomic E-state index is 9.33. The van der Waals surface area contributed by atoms with Crippen LogP contribution in [0.5, 0.6) is 11.5 Å². The number of halogens is 1. The van der Waals surface area contributed by atoms with Crippen LogP contribution < -0.4 is 23.4 Å². The number of ether oxygens (including phenoxy) is 1. The summed E-state index contributed by atoms with van der Waals surface area (Å²) in [6.07, 6.45) is 1.57. The van der Waals surface area contributed by atoms with Gasteiger partial charge in [-0.3, -0.25) is 0 Å². The molecule has 2 rings (SSSR count). The van der Waals surface area contributed by atoms with Crippen molar-refractivity contribution in [3.05, 3.63) is 30.5 Å². The summed E-state index contributed by atoms with van der Waals surface area (Å²) in [6, 6.07) is 6.67. The van der Waals surface area contributed by atoms with Crippen molar-refractivity contribution < 1.29 is 43.1 Å². The van der Waals surface area contributed by atoms with Gasteiger partial charge in [-0.25, -0.2) is 23.1 Å². The molecule has 8 heteroatoms. The Labute approximate surface area is 110 Å². The maximum atomic E-state index is 9.33. The van der Waals surface area contributed by atoms with Gasteiger partial charge in [0.05, 0.1) is 12.7 Å². The van der Waals surface area contributed by atoms with Crippen molar-refractivity contribution in [3.63, 3.8) is 0 Å². The number of hydrogen-bond acceptors (Lipinski definition) is 6. The van der Waals surface area contributed by atoms with Crippen LogP contribution in [0.2, 0.25) is 0 Å². The average molecular weight is 291 g/mol. The Morgan fingerprint density at radius 3 is 2.42 bits per heavy atom. The van der Waals surface area contributed by atoms with E-state index >= 15 is 0 Å². The van der Waals surface area contributed by atoms with Gasteiger partial charge in [0, 0.05) is 12.1 Å². The first-order valence-corrected chi connectivity index (χ1v) is 6.33. The Morgan fingerprint density at radius 2 is 1.84 bits per heavy atom. The van der Waals surface area contributed by atoms with E-state index in [0.717, 1.165) is 11.1 Å². The van der Waals surface area contributed by atoms with Crippen LogP contribution in [0, 0.1) is 10.2 Å². The largest absolute Gasteiger partial charge is 0.508 e. The quantitative estimate of drug-likeness (QED) is 0.636. The molecular weight excluding hydrogens is 280 g/mol. The van der Waals surface area contributed by atoms with Gasteiger partial charge in [0.25, 0.3) is 0 Å². The molecule has 0 fully saturated rings. The lowest BCUT2D eigenvalue weighted by atomic mass is 10.2. The molecule has 0 bridgehead atoms. The van der Waals surface area contributed by atoms with Crippen LogP contribution in [0.1, 0.15) is 6.92 Å². The van der Waals surface area contributed by atoms with Crippen molar-refractivity contribution in [1.82, 2.24) is 0 Å². The molecule has 0 aliphatic carbocycles. The number of phenols is 1. The molecule has 0 aliphatic heterocycles. The second-order valence-corrected chi connectivity index (χ2v) is 4.03. The van der Waals surface area contributed by atoms with Crippen molar-refractivity contribution in [2.24, 2.45) is 0 Å². The zero-order valence-electron chi connectivity index (χ0n) is 9.87. The molecule has 1 aromatic carbocycles. The van der Waals surface area contributed by atoms with Crippen LogP contribution in [-0.2, 0) is 0 Å². The monoisotopic (exact) mass is 290 g/mol. The van der Waals surface area contributed by atoms with E-state index in [1.165, 1.54) is 0 Å². The van der Waals surface area contributed by atoms with Crippen LogP contribution in [0.3, 0.4) is 0 Å². The van der Waals surface area contributed by atoms with E-state index in [2.05, 4.69) is 0 Å². The maximum Gasteiger partial charge on any atom is 0.363 e. The number of rotatable bonds is 2. The summed E-state index contributed by atoms with van der Waals surface area (Å²) >= 11 is 0. The van der Waals surface area contributed by atoms with E-state index < -0.39 is 10.2 Å². The van der Waals surface area contributed by atoms with Gasteiger partial charge in [-0.2, -0.15) is 0 Å². The third-order valence-electron chi connectivity index (χ3n) is 1.94. The first-order valence-electron chi connectivity index (χ1n) is 5.09. The standard InChI is InChI=1S/C11H10O3.ClHO4/c1-2-13-11-5-6-14-10-4-3-8(12)7-9(10)11;2-1(3,4)5/h3-7H,2H2,1H3;(H,2,3,4,5). The fourth-order valence-corrected chi connectivity index (χ4v) is 1.35. The molecule has 7 nitrogen and oxygen atoms in total. The van der Waals surface area contributed by atoms with Crippen LogP contribution >= 0.6 is 0 Å². The molecule has 0 radical (unpaired) electrons. The molecule has 1 heterocycles. The zero-order valence-corrected chi connectivity index (χ0v) is 10.6. The summed E-state index contributed by atoms with van der Waals surface area (Å²) in [4.78, 5) is 0. The van der Waals surface area contributed by atoms with Crippen molar-refractivity contribution in [2.45, 2.75) is 6.92 Å². The summed E-state index contributed by atoms with van der Waals surface area (Å²) < 4.78 is 44.6. The van der Waals surface area contributed by atoms with Crippen LogP contribution in [0.4, 0.5) is 0 Å². The van der Waals surface area contributed by atoms with Gasteiger partial charge >= 0.3 is 11.8 Å². The first-order chi connectivity index (χ1) is 8.81. The first kappa shape index (κ1) is 15.4. The molecule has 0 unspecified atom stereocenters. The Hall–Kier alpha value is -1.64. The number of fused-ring (bicyclic) bond motifs is 1. The molecule has 0 saturated heterocycles. The summed E-state index contributed by atoms with van der Waals surface area (Å²) in [6.45, 7) is 2.51. The Kier molecular flexibility index (Phi) is 5.28. The van der Waals surface area contributed by atoms with Crippen molar-refractivity contribution in [3.8, 4) is 11.5 Å². The highest BCUT2D eigenvalue weighted by molar-refractivity contribution is 5.84. The lowest BCUT2D eigenvalue weighted by Gasteiger charge is -2.17. The van der Waals surface area contributed by atoms with Gasteiger partial charge in [-0.05, 0) is 13.0 Å². The molecular formula is C11H11ClO7. The molecule has 0 saturated carbocycles. The minimum atomic E-state index is -4.94. The molecule has 2 aromatic rings. The van der Waals surface area contributed by atoms with Crippen molar-refractivity contribution in [1.29, 1.82) is 0 Å². The van der Waals surface area contributed by atoms with E-state index in [9.17, 15) is 5.11 Å². The number of hydrogen-bond donors (Lipinski definition) is 1. The second-order valence-electron chi connectivity index (χ2n) is 3.28. The van der Waals surface area contributed by atoms with Crippen LogP contribution in [0.15, 0.2) is 34.9 Å². The number of phenolic OH excluding ortho intramolecular Hbond substituents is 1. The molecule has 1 aromatic heterocycles. The molecule has 19 heavy (non-hydrogen) atoms. The summed E-state index contributed by atoms with van der Waals surface area (Å²) in [5, 5.41) is 10.1. The SMILES string of the molecule is CCOc1cc[o+]c2ccc(O)cc12.[O-][Cl+3]([O-])([O-])[O-]. The van der Waals surface area contributed by atoms with Crippen LogP contribution in [0.25, 0.3) is 11.0 Å². The summed E-state index contributed by atoms with van der Waals surface area (Å²) in [5.41, 5.74) is 0.703. The predicted molar refractivity (Wildman–Crippen MR) is 53.5 cm³/mol. The topological polar surface area (TPSA) is 133 Å². The second kappa shape index (κ2) is 6.50. The van der Waals surface area contributed by atoms with Gasteiger partial charge < -0.3 is 9.84 Å². The number of benzene rings is 1. The van der Waals surface area contributed by atoms with Gasteiger partial charge in [-0.1, -0.05) is 0 Å². The Balaban J connectivity index is 0.000000312. The lowest BCUT2D eigenvalue weighted by Crippen LogP contribution is -2.68. The smallest absolute Gasteiger partial charge is 0.363 e. The molecule has 0 atom stereocenters. The fraction of sp³-hybridized carbons (Fsp3) is 0.182. The van der Waals surface area contributed by atoms with Gasteiger partial charge in [0.15, 0.2) is 0 Å². The third-order valence-corrected chi connectivity index (χ3v) is 1.94. The van der Waals surface area contributed by atoms with E-state index in [0.29, 0.717) is 12.2 Å². The average Bonchev–Trinajstić information content (AvgIpc) is 2.28. The minimum absolute atomic E-state index is 0.208. The fourth-order valence-electron chi connectivity index (χ4n) is 1.35. The third kappa shape index (κ3) is 5.69. The summed E-state index contributed by atoms with van der Waals surface area (Å²) in [5.74, 6) is 0.935. The number of aromatic hydroxyl groups is 1. The highest BCUT2D eigenvalue weighted by atomic mass is 35.7. The van der Waals surface area contributed by atoms with Gasteiger partial charge in [0.2, 0.25) is 0 Å². The zero-order chi connectivity index (χ0) is 14.5. The minimum Gasteiger partial charge on any atom is -0.508 e. The molecule has 0 amide bonds. The highest BCUT2D eigenvalue weighted by Crippen LogP contribution is 2.28. The van der Waals surface area contributed by atoms with E-state index in [-0.39, 0.29) is 5.75 Å². The van der Waals surface area contributed by atoms with E-state index in [4.69, 9.17) is 27.8 Å². The lowest BCUT2D eigenvalue weighted by molar-refractivity contribution is -2.00. The van der Waals surface area contributed by atoms with Gasteiger partial charge in [0.1, 0.15) is 16.9 Å². The highest BCUT2D eigenvalue weighted by Gasteiger charge is 2.11. The van der Waals surface area contributed by atoms with E-state index in [1.54, 1.807) is 30.5 Å². The van der Waals surface area contributed by atoms with E-state index in [1.807, 2.05) is 6.92 Å². The van der Waals surface area contributed by atoms with Crippen molar-refractivity contribution in [2.75, 3.05) is 6.61 Å².